The Hall–Kier alpha value is -0.120. The number of aliphatic hydroxyl groups excluding tert-OH is 1. The van der Waals surface area contributed by atoms with Gasteiger partial charge in [0.25, 0.3) is 0 Å². The van der Waals surface area contributed by atoms with Crippen LogP contribution in [-0.2, 0) is 0 Å². The first kappa shape index (κ1) is 11.0. The number of rotatable bonds is 2. The summed E-state index contributed by atoms with van der Waals surface area (Å²) >= 11 is 0. The summed E-state index contributed by atoms with van der Waals surface area (Å²) in [5, 5.41) is 12.7. The van der Waals surface area contributed by atoms with Crippen LogP contribution in [0.25, 0.3) is 0 Å². The second-order valence-corrected chi connectivity index (χ2v) is 5.05. The van der Waals surface area contributed by atoms with E-state index in [1.807, 2.05) is 0 Å². The summed E-state index contributed by atoms with van der Waals surface area (Å²) in [6.45, 7) is 8.39. The summed E-state index contributed by atoms with van der Waals surface area (Å²) in [7, 11) is 2.13. The first-order chi connectivity index (χ1) is 5.89. The molecule has 1 aliphatic rings. The molecule has 13 heavy (non-hydrogen) atoms. The van der Waals surface area contributed by atoms with Crippen LogP contribution in [0.1, 0.15) is 27.2 Å². The molecule has 2 atom stereocenters. The Balaban J connectivity index is 2.33. The SMILES string of the molecule is CN(CC1CC(O)CN1)C(C)(C)C. The minimum Gasteiger partial charge on any atom is -0.392 e. The molecule has 3 heteroatoms. The summed E-state index contributed by atoms with van der Waals surface area (Å²) in [5.74, 6) is 0. The number of hydrogen-bond donors (Lipinski definition) is 2. The van der Waals surface area contributed by atoms with E-state index in [9.17, 15) is 5.11 Å². The number of hydrogen-bond acceptors (Lipinski definition) is 3. The van der Waals surface area contributed by atoms with Gasteiger partial charge in [0, 0.05) is 24.7 Å². The summed E-state index contributed by atoms with van der Waals surface area (Å²) in [6.07, 6.45) is 0.749. The molecule has 0 amide bonds. The fourth-order valence-corrected chi connectivity index (χ4v) is 1.54. The summed E-state index contributed by atoms with van der Waals surface area (Å²) in [6, 6.07) is 0.458. The average Bonchev–Trinajstić information content (AvgIpc) is 2.33. The minimum absolute atomic E-state index is 0.140. The highest BCUT2D eigenvalue weighted by Gasteiger charge is 2.26. The Morgan fingerprint density at radius 3 is 2.46 bits per heavy atom. The fraction of sp³-hybridized carbons (Fsp3) is 1.00. The molecule has 0 saturated carbocycles. The van der Waals surface area contributed by atoms with Crippen LogP contribution in [0.2, 0.25) is 0 Å². The molecule has 0 bridgehead atoms. The molecule has 0 aromatic carbocycles. The van der Waals surface area contributed by atoms with Gasteiger partial charge in [0.15, 0.2) is 0 Å². The molecule has 1 heterocycles. The van der Waals surface area contributed by atoms with Gasteiger partial charge in [0.2, 0.25) is 0 Å². The third-order valence-electron chi connectivity index (χ3n) is 2.84. The molecule has 78 valence electrons. The number of aliphatic hydroxyl groups is 1. The van der Waals surface area contributed by atoms with Crippen LogP contribution >= 0.6 is 0 Å². The maximum atomic E-state index is 9.33. The number of nitrogens with one attached hydrogen (secondary N) is 1. The average molecular weight is 186 g/mol. The Morgan fingerprint density at radius 1 is 1.46 bits per heavy atom. The standard InChI is InChI=1S/C10H22N2O/c1-10(2,3)12(4)7-8-5-9(13)6-11-8/h8-9,11,13H,5-7H2,1-4H3. The molecule has 1 saturated heterocycles. The van der Waals surface area contributed by atoms with Crippen LogP contribution in [0, 0.1) is 0 Å². The van der Waals surface area contributed by atoms with Gasteiger partial charge in [0.1, 0.15) is 0 Å². The quantitative estimate of drug-likeness (QED) is 0.657. The normalized spacial score (nSPS) is 30.0. The van der Waals surface area contributed by atoms with Crippen LogP contribution in [0.3, 0.4) is 0 Å². The number of likely N-dealkylation sites (N-methyl/N-ethyl adjacent to an activating group) is 1. The van der Waals surface area contributed by atoms with E-state index in [0.717, 1.165) is 19.5 Å². The van der Waals surface area contributed by atoms with Crippen LogP contribution in [0.5, 0.6) is 0 Å². The Morgan fingerprint density at radius 2 is 2.08 bits per heavy atom. The number of β-amino-alcohol motifs (C(OH)–C–C–N with tert-alkyl or cyclic N) is 1. The molecule has 0 aromatic heterocycles. The smallest absolute Gasteiger partial charge is 0.0680 e. The molecule has 1 rings (SSSR count). The monoisotopic (exact) mass is 186 g/mol. The second kappa shape index (κ2) is 3.95. The van der Waals surface area contributed by atoms with Gasteiger partial charge in [-0.2, -0.15) is 0 Å². The van der Waals surface area contributed by atoms with E-state index >= 15 is 0 Å². The van der Waals surface area contributed by atoms with Gasteiger partial charge < -0.3 is 10.4 Å². The highest BCUT2D eigenvalue weighted by atomic mass is 16.3. The highest BCUT2D eigenvalue weighted by molar-refractivity contribution is 4.85. The van der Waals surface area contributed by atoms with Gasteiger partial charge in [-0.15, -0.1) is 0 Å². The van der Waals surface area contributed by atoms with Crippen LogP contribution in [0.4, 0.5) is 0 Å². The van der Waals surface area contributed by atoms with Crippen LogP contribution < -0.4 is 5.32 Å². The summed E-state index contributed by atoms with van der Waals surface area (Å²) < 4.78 is 0. The molecule has 0 aliphatic carbocycles. The van der Waals surface area contributed by atoms with E-state index in [2.05, 4.69) is 38.0 Å². The van der Waals surface area contributed by atoms with E-state index in [0.29, 0.717) is 6.04 Å². The zero-order valence-corrected chi connectivity index (χ0v) is 9.17. The minimum atomic E-state index is -0.140. The molecule has 2 N–H and O–H groups in total. The van der Waals surface area contributed by atoms with Crippen molar-refractivity contribution in [2.24, 2.45) is 0 Å². The molecule has 1 fully saturated rings. The van der Waals surface area contributed by atoms with Crippen molar-refractivity contribution in [3.05, 3.63) is 0 Å². The Bertz CT molecular complexity index is 165. The van der Waals surface area contributed by atoms with Crippen molar-refractivity contribution in [1.82, 2.24) is 10.2 Å². The van der Waals surface area contributed by atoms with Gasteiger partial charge >= 0.3 is 0 Å². The summed E-state index contributed by atoms with van der Waals surface area (Å²) in [4.78, 5) is 2.32. The highest BCUT2D eigenvalue weighted by Crippen LogP contribution is 2.14. The maximum absolute atomic E-state index is 9.33. The van der Waals surface area contributed by atoms with Gasteiger partial charge in [-0.25, -0.2) is 0 Å². The fourth-order valence-electron chi connectivity index (χ4n) is 1.54. The lowest BCUT2D eigenvalue weighted by Crippen LogP contribution is -2.45. The van der Waals surface area contributed by atoms with Gasteiger partial charge in [-0.1, -0.05) is 0 Å². The predicted octanol–water partition coefficient (Wildman–Crippen LogP) is 0.439. The lowest BCUT2D eigenvalue weighted by atomic mass is 10.1. The molecule has 0 radical (unpaired) electrons. The van der Waals surface area contributed by atoms with Crippen molar-refractivity contribution in [3.8, 4) is 0 Å². The van der Waals surface area contributed by atoms with E-state index in [4.69, 9.17) is 0 Å². The summed E-state index contributed by atoms with van der Waals surface area (Å²) in [5.41, 5.74) is 0.217. The van der Waals surface area contributed by atoms with E-state index < -0.39 is 0 Å². The van der Waals surface area contributed by atoms with Gasteiger partial charge in [-0.05, 0) is 34.2 Å². The second-order valence-electron chi connectivity index (χ2n) is 5.05. The Labute approximate surface area is 81.1 Å². The number of nitrogens with zero attached hydrogens (tertiary/aromatic N) is 1. The van der Waals surface area contributed by atoms with Crippen molar-refractivity contribution < 1.29 is 5.11 Å². The van der Waals surface area contributed by atoms with E-state index in [-0.39, 0.29) is 11.6 Å². The first-order valence-electron chi connectivity index (χ1n) is 5.02. The van der Waals surface area contributed by atoms with Gasteiger partial charge in [0.05, 0.1) is 6.10 Å². The van der Waals surface area contributed by atoms with Crippen LogP contribution in [0.15, 0.2) is 0 Å². The maximum Gasteiger partial charge on any atom is 0.0680 e. The van der Waals surface area contributed by atoms with Crippen molar-refractivity contribution in [1.29, 1.82) is 0 Å². The van der Waals surface area contributed by atoms with Gasteiger partial charge in [-0.3, -0.25) is 4.90 Å². The molecule has 3 nitrogen and oxygen atoms in total. The van der Waals surface area contributed by atoms with Crippen molar-refractivity contribution in [2.75, 3.05) is 20.1 Å². The third kappa shape index (κ3) is 3.25. The van der Waals surface area contributed by atoms with Crippen molar-refractivity contribution in [3.63, 3.8) is 0 Å². The zero-order chi connectivity index (χ0) is 10.1. The first-order valence-corrected chi connectivity index (χ1v) is 5.02. The Kier molecular flexibility index (Phi) is 3.33. The molecular weight excluding hydrogens is 164 g/mol. The third-order valence-corrected chi connectivity index (χ3v) is 2.84. The van der Waals surface area contributed by atoms with Crippen molar-refractivity contribution >= 4 is 0 Å². The lowest BCUT2D eigenvalue weighted by molar-refractivity contribution is 0.152. The largest absolute Gasteiger partial charge is 0.392 e. The topological polar surface area (TPSA) is 35.5 Å². The zero-order valence-electron chi connectivity index (χ0n) is 9.17. The lowest BCUT2D eigenvalue weighted by Gasteiger charge is -2.33. The molecule has 0 aromatic rings. The van der Waals surface area contributed by atoms with Crippen molar-refractivity contribution in [2.45, 2.75) is 44.9 Å². The van der Waals surface area contributed by atoms with E-state index in [1.165, 1.54) is 0 Å². The molecule has 2 unspecified atom stereocenters. The van der Waals surface area contributed by atoms with E-state index in [1.54, 1.807) is 0 Å². The molecule has 0 spiro atoms. The predicted molar refractivity (Wildman–Crippen MR) is 54.8 cm³/mol. The van der Waals surface area contributed by atoms with Crippen LogP contribution in [-0.4, -0.2) is 47.8 Å². The molecular formula is C10H22N2O. The molecule has 1 aliphatic heterocycles.